The summed E-state index contributed by atoms with van der Waals surface area (Å²) < 4.78 is 10.8. The number of hydrogen-bond acceptors (Lipinski definition) is 3. The van der Waals surface area contributed by atoms with Crippen molar-refractivity contribution in [2.75, 3.05) is 19.8 Å². The molecule has 1 N–H and O–H groups in total. The zero-order chi connectivity index (χ0) is 13.2. The van der Waals surface area contributed by atoms with E-state index in [1.807, 2.05) is 6.07 Å². The van der Waals surface area contributed by atoms with Crippen LogP contribution in [0, 0.1) is 0 Å². The van der Waals surface area contributed by atoms with E-state index in [1.165, 1.54) is 0 Å². The smallest absolute Gasteiger partial charge is 0.336 e. The van der Waals surface area contributed by atoms with Gasteiger partial charge in [0, 0.05) is 6.61 Å². The molecule has 4 heteroatoms. The van der Waals surface area contributed by atoms with E-state index in [-0.39, 0.29) is 0 Å². The summed E-state index contributed by atoms with van der Waals surface area (Å²) in [5, 5.41) is 8.99. The van der Waals surface area contributed by atoms with Gasteiger partial charge in [-0.2, -0.15) is 0 Å². The van der Waals surface area contributed by atoms with Gasteiger partial charge < -0.3 is 14.6 Å². The molecule has 0 amide bonds. The normalized spacial score (nSPS) is 10.5. The van der Waals surface area contributed by atoms with Crippen molar-refractivity contribution in [3.63, 3.8) is 0 Å². The average molecular weight is 252 g/mol. The summed E-state index contributed by atoms with van der Waals surface area (Å²) in [7, 11) is 0. The summed E-state index contributed by atoms with van der Waals surface area (Å²) in [6, 6.07) is 6.86. The van der Waals surface area contributed by atoms with Crippen LogP contribution in [-0.2, 0) is 16.1 Å². The molecule has 0 aliphatic carbocycles. The number of benzene rings is 1. The summed E-state index contributed by atoms with van der Waals surface area (Å²) in [5.41, 5.74) is 0.989. The highest BCUT2D eigenvalue weighted by Crippen LogP contribution is 2.09. The largest absolute Gasteiger partial charge is 0.478 e. The molecule has 0 unspecified atom stereocenters. The first-order chi connectivity index (χ1) is 8.75. The van der Waals surface area contributed by atoms with Gasteiger partial charge in [-0.3, -0.25) is 0 Å². The van der Waals surface area contributed by atoms with Gasteiger partial charge in [0.2, 0.25) is 0 Å². The second kappa shape index (κ2) is 8.66. The second-order valence-corrected chi connectivity index (χ2v) is 3.98. The van der Waals surface area contributed by atoms with E-state index in [0.29, 0.717) is 30.9 Å². The van der Waals surface area contributed by atoms with Crippen LogP contribution in [0.25, 0.3) is 0 Å². The maximum atomic E-state index is 10.9. The van der Waals surface area contributed by atoms with Crippen LogP contribution >= 0.6 is 0 Å². The lowest BCUT2D eigenvalue weighted by Gasteiger charge is -2.07. The van der Waals surface area contributed by atoms with Crippen LogP contribution in [-0.4, -0.2) is 30.9 Å². The lowest BCUT2D eigenvalue weighted by atomic mass is 10.1. The fraction of sp³-hybridized carbons (Fsp3) is 0.500. The van der Waals surface area contributed by atoms with Gasteiger partial charge in [0.1, 0.15) is 0 Å². The number of carboxylic acid groups (broad SMARTS) is 1. The fourth-order valence-corrected chi connectivity index (χ4v) is 1.50. The Kier molecular flexibility index (Phi) is 7.06. The van der Waals surface area contributed by atoms with Gasteiger partial charge in [0.05, 0.1) is 25.4 Å². The first-order valence-electron chi connectivity index (χ1n) is 6.22. The molecule has 0 saturated heterocycles. The Morgan fingerprint density at radius 2 is 1.89 bits per heavy atom. The Morgan fingerprint density at radius 1 is 1.17 bits per heavy atom. The molecule has 1 aromatic rings. The zero-order valence-electron chi connectivity index (χ0n) is 10.7. The molecule has 0 aliphatic heterocycles. The molecular formula is C14H20O4. The van der Waals surface area contributed by atoms with Crippen molar-refractivity contribution in [3.8, 4) is 0 Å². The van der Waals surface area contributed by atoms with E-state index in [0.717, 1.165) is 19.4 Å². The first-order valence-corrected chi connectivity index (χ1v) is 6.22. The number of aromatic carboxylic acids is 1. The van der Waals surface area contributed by atoms with E-state index < -0.39 is 5.97 Å². The Morgan fingerprint density at radius 3 is 2.61 bits per heavy atom. The number of carbonyl (C=O) groups is 1. The Hall–Kier alpha value is -1.39. The minimum atomic E-state index is -0.923. The van der Waals surface area contributed by atoms with Gasteiger partial charge in [0.25, 0.3) is 0 Å². The van der Waals surface area contributed by atoms with Crippen molar-refractivity contribution in [1.82, 2.24) is 0 Å². The molecule has 1 aromatic carbocycles. The summed E-state index contributed by atoms with van der Waals surface area (Å²) in [5.74, 6) is -0.923. The van der Waals surface area contributed by atoms with E-state index in [1.54, 1.807) is 18.2 Å². The Labute approximate surface area is 108 Å². The molecule has 0 saturated carbocycles. The molecule has 18 heavy (non-hydrogen) atoms. The first kappa shape index (κ1) is 14.7. The SMILES string of the molecule is CCCCOCCOCc1ccccc1C(=O)O. The lowest BCUT2D eigenvalue weighted by molar-refractivity contribution is 0.0390. The third kappa shape index (κ3) is 5.29. The number of unbranched alkanes of at least 4 members (excludes halogenated alkanes) is 1. The summed E-state index contributed by atoms with van der Waals surface area (Å²) >= 11 is 0. The van der Waals surface area contributed by atoms with Crippen LogP contribution in [0.3, 0.4) is 0 Å². The summed E-state index contributed by atoms with van der Waals surface area (Å²) in [6.07, 6.45) is 2.18. The number of carboxylic acids is 1. The van der Waals surface area contributed by atoms with E-state index in [4.69, 9.17) is 14.6 Å². The molecule has 0 aliphatic rings. The van der Waals surface area contributed by atoms with Crippen molar-refractivity contribution >= 4 is 5.97 Å². The number of ether oxygens (including phenoxy) is 2. The second-order valence-electron chi connectivity index (χ2n) is 3.98. The standard InChI is InChI=1S/C14H20O4/c1-2-3-8-17-9-10-18-11-12-6-4-5-7-13(12)14(15)16/h4-7H,2-3,8-11H2,1H3,(H,15,16). The molecule has 0 spiro atoms. The van der Waals surface area contributed by atoms with Crippen LogP contribution in [0.5, 0.6) is 0 Å². The monoisotopic (exact) mass is 252 g/mol. The molecule has 0 heterocycles. The van der Waals surface area contributed by atoms with Crippen LogP contribution in [0.1, 0.15) is 35.7 Å². The Balaban J connectivity index is 2.25. The predicted molar refractivity (Wildman–Crippen MR) is 68.8 cm³/mol. The fourth-order valence-electron chi connectivity index (χ4n) is 1.50. The molecule has 1 rings (SSSR count). The van der Waals surface area contributed by atoms with Gasteiger partial charge in [-0.15, -0.1) is 0 Å². The van der Waals surface area contributed by atoms with Gasteiger partial charge in [0.15, 0.2) is 0 Å². The maximum Gasteiger partial charge on any atom is 0.336 e. The van der Waals surface area contributed by atoms with E-state index in [9.17, 15) is 4.79 Å². The number of rotatable bonds is 9. The number of hydrogen-bond donors (Lipinski definition) is 1. The highest BCUT2D eigenvalue weighted by atomic mass is 16.5. The third-order valence-corrected chi connectivity index (χ3v) is 2.52. The van der Waals surface area contributed by atoms with Crippen LogP contribution in [0.2, 0.25) is 0 Å². The van der Waals surface area contributed by atoms with E-state index in [2.05, 4.69) is 6.92 Å². The molecule has 0 radical (unpaired) electrons. The van der Waals surface area contributed by atoms with Gasteiger partial charge in [-0.05, 0) is 18.1 Å². The zero-order valence-corrected chi connectivity index (χ0v) is 10.7. The van der Waals surface area contributed by atoms with Crippen LogP contribution < -0.4 is 0 Å². The third-order valence-electron chi connectivity index (χ3n) is 2.52. The maximum absolute atomic E-state index is 10.9. The summed E-state index contributed by atoms with van der Waals surface area (Å²) in [4.78, 5) is 10.9. The van der Waals surface area contributed by atoms with Crippen molar-refractivity contribution < 1.29 is 19.4 Å². The van der Waals surface area contributed by atoms with Crippen molar-refractivity contribution in [2.24, 2.45) is 0 Å². The highest BCUT2D eigenvalue weighted by molar-refractivity contribution is 5.89. The minimum absolute atomic E-state index is 0.296. The van der Waals surface area contributed by atoms with Gasteiger partial charge >= 0.3 is 5.97 Å². The molecule has 0 fully saturated rings. The Bertz CT molecular complexity index is 363. The molecule has 4 nitrogen and oxygen atoms in total. The van der Waals surface area contributed by atoms with Gasteiger partial charge in [-0.25, -0.2) is 4.79 Å². The topological polar surface area (TPSA) is 55.8 Å². The molecule has 0 atom stereocenters. The predicted octanol–water partition coefficient (Wildman–Crippen LogP) is 2.72. The molecule has 100 valence electrons. The van der Waals surface area contributed by atoms with E-state index >= 15 is 0 Å². The minimum Gasteiger partial charge on any atom is -0.478 e. The van der Waals surface area contributed by atoms with Crippen molar-refractivity contribution in [3.05, 3.63) is 35.4 Å². The van der Waals surface area contributed by atoms with Crippen LogP contribution in [0.15, 0.2) is 24.3 Å². The quantitative estimate of drug-likeness (QED) is 0.686. The van der Waals surface area contributed by atoms with Crippen molar-refractivity contribution in [2.45, 2.75) is 26.4 Å². The van der Waals surface area contributed by atoms with Crippen molar-refractivity contribution in [1.29, 1.82) is 0 Å². The highest BCUT2D eigenvalue weighted by Gasteiger charge is 2.08. The molecule has 0 aromatic heterocycles. The molecular weight excluding hydrogens is 232 g/mol. The van der Waals surface area contributed by atoms with Gasteiger partial charge in [-0.1, -0.05) is 31.5 Å². The van der Waals surface area contributed by atoms with Crippen LogP contribution in [0.4, 0.5) is 0 Å². The summed E-state index contributed by atoms with van der Waals surface area (Å²) in [6.45, 7) is 4.21. The molecule has 0 bridgehead atoms. The lowest BCUT2D eigenvalue weighted by Crippen LogP contribution is -2.08. The average Bonchev–Trinajstić information content (AvgIpc) is 2.38.